The van der Waals surface area contributed by atoms with Gasteiger partial charge in [-0.2, -0.15) is 0 Å². The molecule has 0 aliphatic carbocycles. The lowest BCUT2D eigenvalue weighted by Gasteiger charge is -2.20. The highest BCUT2D eigenvalue weighted by molar-refractivity contribution is 6.09. The van der Waals surface area contributed by atoms with Gasteiger partial charge in [0.15, 0.2) is 0 Å². The van der Waals surface area contributed by atoms with Crippen molar-refractivity contribution in [1.29, 1.82) is 0 Å². The number of fused-ring (bicyclic) bond motifs is 1. The van der Waals surface area contributed by atoms with Crippen LogP contribution >= 0.6 is 0 Å². The van der Waals surface area contributed by atoms with Crippen molar-refractivity contribution in [3.05, 3.63) is 73.0 Å². The largest absolute Gasteiger partial charge is 0.335 e. The second-order valence-electron chi connectivity index (χ2n) is 5.68. The van der Waals surface area contributed by atoms with Crippen LogP contribution in [0.5, 0.6) is 0 Å². The van der Waals surface area contributed by atoms with Crippen molar-refractivity contribution in [2.75, 3.05) is 13.1 Å². The van der Waals surface area contributed by atoms with E-state index in [1.54, 1.807) is 23.1 Å². The smallest absolute Gasteiger partial charge is 0.259 e. The minimum Gasteiger partial charge on any atom is -0.335 e. The van der Waals surface area contributed by atoms with Crippen molar-refractivity contribution in [1.82, 2.24) is 15.0 Å². The molecule has 3 rings (SSSR count). The maximum Gasteiger partial charge on any atom is 0.259 e. The molecule has 1 aromatic carbocycles. The van der Waals surface area contributed by atoms with Crippen LogP contribution in [0.15, 0.2) is 66.2 Å². The molecule has 3 aromatic rings. The Labute approximate surface area is 146 Å². The van der Waals surface area contributed by atoms with E-state index in [4.69, 9.17) is 4.52 Å². The van der Waals surface area contributed by atoms with Crippen LogP contribution < -0.4 is 0 Å². The first kappa shape index (κ1) is 16.6. The molecular formula is C20H19N3O2. The van der Waals surface area contributed by atoms with Crippen LogP contribution in [0.1, 0.15) is 16.1 Å². The van der Waals surface area contributed by atoms with Crippen molar-refractivity contribution in [3.8, 4) is 11.3 Å². The molecule has 0 aliphatic rings. The zero-order valence-corrected chi connectivity index (χ0v) is 14.1. The van der Waals surface area contributed by atoms with Crippen molar-refractivity contribution in [2.45, 2.75) is 6.92 Å². The highest BCUT2D eigenvalue weighted by Crippen LogP contribution is 2.30. The Hall–Kier alpha value is -3.21. The number of nitrogens with zero attached hydrogens (tertiary/aromatic N) is 3. The molecule has 0 N–H and O–H groups in total. The molecule has 2 aromatic heterocycles. The van der Waals surface area contributed by atoms with Crippen molar-refractivity contribution >= 4 is 17.0 Å². The van der Waals surface area contributed by atoms with Gasteiger partial charge in [-0.25, -0.2) is 4.98 Å². The molecule has 0 bridgehead atoms. The number of benzene rings is 1. The Balaban J connectivity index is 2.20. The highest BCUT2D eigenvalue weighted by atomic mass is 16.5. The van der Waals surface area contributed by atoms with Gasteiger partial charge in [0.1, 0.15) is 5.69 Å². The van der Waals surface area contributed by atoms with E-state index in [1.807, 2.05) is 37.3 Å². The topological polar surface area (TPSA) is 59.2 Å². The fourth-order valence-electron chi connectivity index (χ4n) is 2.76. The molecule has 2 heterocycles. The van der Waals surface area contributed by atoms with Crippen molar-refractivity contribution in [3.63, 3.8) is 0 Å². The van der Waals surface area contributed by atoms with E-state index >= 15 is 0 Å². The van der Waals surface area contributed by atoms with E-state index in [1.165, 1.54) is 0 Å². The van der Waals surface area contributed by atoms with Gasteiger partial charge in [0, 0.05) is 24.3 Å². The fraction of sp³-hybridized carbons (Fsp3) is 0.150. The molecule has 25 heavy (non-hydrogen) atoms. The highest BCUT2D eigenvalue weighted by Gasteiger charge is 2.23. The summed E-state index contributed by atoms with van der Waals surface area (Å²) >= 11 is 0. The zero-order valence-electron chi connectivity index (χ0n) is 14.1. The van der Waals surface area contributed by atoms with Crippen LogP contribution in [0.3, 0.4) is 0 Å². The first-order valence-electron chi connectivity index (χ1n) is 7.99. The second kappa shape index (κ2) is 7.13. The number of amides is 1. The number of carbonyl (C=O) groups is 1. The van der Waals surface area contributed by atoms with Gasteiger partial charge in [0.2, 0.25) is 0 Å². The van der Waals surface area contributed by atoms with Crippen LogP contribution in [0, 0.1) is 6.92 Å². The van der Waals surface area contributed by atoms with Gasteiger partial charge in [-0.15, -0.1) is 13.2 Å². The lowest BCUT2D eigenvalue weighted by atomic mass is 10.0. The maximum absolute atomic E-state index is 13.1. The summed E-state index contributed by atoms with van der Waals surface area (Å²) in [6, 6.07) is 11.4. The molecule has 0 aliphatic heterocycles. The summed E-state index contributed by atoms with van der Waals surface area (Å²) in [6.45, 7) is 10.1. The molecular weight excluding hydrogens is 314 g/mol. The van der Waals surface area contributed by atoms with Gasteiger partial charge in [-0.1, -0.05) is 47.6 Å². The molecule has 126 valence electrons. The Morgan fingerprint density at radius 1 is 1.20 bits per heavy atom. The third-order valence-corrected chi connectivity index (χ3v) is 3.84. The first-order valence-corrected chi connectivity index (χ1v) is 7.99. The molecule has 0 saturated carbocycles. The molecule has 0 unspecified atom stereocenters. The van der Waals surface area contributed by atoms with E-state index in [9.17, 15) is 4.79 Å². The van der Waals surface area contributed by atoms with Crippen molar-refractivity contribution < 1.29 is 9.32 Å². The summed E-state index contributed by atoms with van der Waals surface area (Å²) in [7, 11) is 0. The van der Waals surface area contributed by atoms with Gasteiger partial charge < -0.3 is 9.42 Å². The van der Waals surface area contributed by atoms with E-state index < -0.39 is 0 Å². The first-order chi connectivity index (χ1) is 12.2. The minimum atomic E-state index is -0.129. The summed E-state index contributed by atoms with van der Waals surface area (Å²) in [5, 5.41) is 4.78. The van der Waals surface area contributed by atoms with Crippen LogP contribution in [-0.4, -0.2) is 34.0 Å². The van der Waals surface area contributed by atoms with Gasteiger partial charge in [0.05, 0.1) is 10.9 Å². The number of pyridine rings is 1. The monoisotopic (exact) mass is 333 g/mol. The van der Waals surface area contributed by atoms with E-state index in [-0.39, 0.29) is 5.91 Å². The maximum atomic E-state index is 13.1. The SMILES string of the molecule is C=CCN(CC=C)C(=O)c1cc(C)nc2onc(-c3ccccc3)c12. The van der Waals surface area contributed by atoms with E-state index in [0.29, 0.717) is 41.1 Å². The molecule has 0 spiro atoms. The quantitative estimate of drug-likeness (QED) is 0.640. The molecule has 0 fully saturated rings. The minimum absolute atomic E-state index is 0.129. The Bertz CT molecular complexity index is 919. The van der Waals surface area contributed by atoms with Gasteiger partial charge in [0.25, 0.3) is 11.6 Å². The number of carbonyl (C=O) groups excluding carboxylic acids is 1. The van der Waals surface area contributed by atoms with Gasteiger partial charge >= 0.3 is 0 Å². The van der Waals surface area contributed by atoms with Crippen LogP contribution in [0.25, 0.3) is 22.4 Å². The van der Waals surface area contributed by atoms with E-state index in [0.717, 1.165) is 5.56 Å². The third kappa shape index (κ3) is 3.21. The van der Waals surface area contributed by atoms with E-state index in [2.05, 4.69) is 23.3 Å². The Kier molecular flexibility index (Phi) is 4.75. The average molecular weight is 333 g/mol. The van der Waals surface area contributed by atoms with Crippen LogP contribution in [-0.2, 0) is 0 Å². The summed E-state index contributed by atoms with van der Waals surface area (Å²) < 4.78 is 5.40. The molecule has 0 atom stereocenters. The summed E-state index contributed by atoms with van der Waals surface area (Å²) in [6.07, 6.45) is 3.39. The normalized spacial score (nSPS) is 10.6. The lowest BCUT2D eigenvalue weighted by Crippen LogP contribution is -2.31. The predicted molar refractivity (Wildman–Crippen MR) is 98.3 cm³/mol. The summed E-state index contributed by atoms with van der Waals surface area (Å²) in [5.74, 6) is -0.129. The average Bonchev–Trinajstić information content (AvgIpc) is 3.04. The number of aromatic nitrogens is 2. The van der Waals surface area contributed by atoms with Crippen LogP contribution in [0.2, 0.25) is 0 Å². The number of hydrogen-bond acceptors (Lipinski definition) is 4. The third-order valence-electron chi connectivity index (χ3n) is 3.84. The Morgan fingerprint density at radius 3 is 2.52 bits per heavy atom. The van der Waals surface area contributed by atoms with Gasteiger partial charge in [-0.05, 0) is 13.0 Å². The molecule has 5 heteroatoms. The fourth-order valence-corrected chi connectivity index (χ4v) is 2.76. The standard InChI is InChI=1S/C20H19N3O2/c1-4-11-23(12-5-2)20(24)16-13-14(3)21-19-17(16)18(22-25-19)15-9-7-6-8-10-15/h4-10,13H,1-2,11-12H2,3H3. The van der Waals surface area contributed by atoms with Crippen LogP contribution in [0.4, 0.5) is 0 Å². The Morgan fingerprint density at radius 2 is 1.88 bits per heavy atom. The molecule has 0 radical (unpaired) electrons. The molecule has 0 saturated heterocycles. The molecule has 5 nitrogen and oxygen atoms in total. The second-order valence-corrected chi connectivity index (χ2v) is 5.68. The molecule has 1 amide bonds. The summed E-state index contributed by atoms with van der Waals surface area (Å²) in [4.78, 5) is 19.1. The van der Waals surface area contributed by atoms with Gasteiger partial charge in [-0.3, -0.25) is 4.79 Å². The number of hydrogen-bond donors (Lipinski definition) is 0. The lowest BCUT2D eigenvalue weighted by molar-refractivity contribution is 0.0792. The number of aryl methyl sites for hydroxylation is 1. The summed E-state index contributed by atoms with van der Waals surface area (Å²) in [5.41, 5.74) is 3.07. The van der Waals surface area contributed by atoms with Crippen molar-refractivity contribution in [2.24, 2.45) is 0 Å². The zero-order chi connectivity index (χ0) is 17.8. The predicted octanol–water partition coefficient (Wildman–Crippen LogP) is 4.01. The number of rotatable bonds is 6.